The van der Waals surface area contributed by atoms with Crippen LogP contribution in [0.4, 0.5) is 5.13 Å². The lowest BCUT2D eigenvalue weighted by Crippen LogP contribution is -1.94. The van der Waals surface area contributed by atoms with Gasteiger partial charge in [0.15, 0.2) is 5.13 Å². The second kappa shape index (κ2) is 4.89. The van der Waals surface area contributed by atoms with Gasteiger partial charge in [-0.15, -0.1) is 11.3 Å². The highest BCUT2D eigenvalue weighted by Crippen LogP contribution is 2.15. The predicted molar refractivity (Wildman–Crippen MR) is 63.3 cm³/mol. The molecule has 0 bridgehead atoms. The molecule has 0 radical (unpaired) electrons. The van der Waals surface area contributed by atoms with E-state index in [4.69, 9.17) is 0 Å². The zero-order valence-corrected chi connectivity index (χ0v) is 9.42. The lowest BCUT2D eigenvalue weighted by atomic mass is 10.2. The van der Waals surface area contributed by atoms with E-state index in [2.05, 4.69) is 20.7 Å². The van der Waals surface area contributed by atoms with Gasteiger partial charge < -0.3 is 5.32 Å². The molecule has 0 saturated heterocycles. The van der Waals surface area contributed by atoms with Gasteiger partial charge in [-0.3, -0.25) is 4.98 Å². The molecule has 3 nitrogen and oxygen atoms in total. The van der Waals surface area contributed by atoms with Crippen LogP contribution in [0.3, 0.4) is 0 Å². The summed E-state index contributed by atoms with van der Waals surface area (Å²) in [6.45, 7) is 0. The molecule has 0 aromatic carbocycles. The SMILES string of the molecule is CNc1nc(CCc2ccccn2)cs1. The Morgan fingerprint density at radius 1 is 1.27 bits per heavy atom. The van der Waals surface area contributed by atoms with Crippen molar-refractivity contribution in [3.05, 3.63) is 41.2 Å². The molecule has 0 fully saturated rings. The number of anilines is 1. The van der Waals surface area contributed by atoms with Crippen LogP contribution in [-0.2, 0) is 12.8 Å². The Labute approximate surface area is 93.2 Å². The number of rotatable bonds is 4. The molecule has 2 heterocycles. The average Bonchev–Trinajstić information content (AvgIpc) is 2.76. The number of pyridine rings is 1. The van der Waals surface area contributed by atoms with Crippen LogP contribution in [0, 0.1) is 0 Å². The summed E-state index contributed by atoms with van der Waals surface area (Å²) in [4.78, 5) is 8.70. The molecule has 2 aromatic rings. The Morgan fingerprint density at radius 3 is 2.80 bits per heavy atom. The Hall–Kier alpha value is -1.42. The smallest absolute Gasteiger partial charge is 0.182 e. The number of aromatic nitrogens is 2. The van der Waals surface area contributed by atoms with Gasteiger partial charge in [0.2, 0.25) is 0 Å². The standard InChI is InChI=1S/C11H13N3S/c1-12-11-14-10(8-15-11)6-5-9-4-2-3-7-13-9/h2-4,7-8H,5-6H2,1H3,(H,12,14). The molecule has 78 valence electrons. The van der Waals surface area contributed by atoms with Crippen LogP contribution >= 0.6 is 11.3 Å². The summed E-state index contributed by atoms with van der Waals surface area (Å²) in [6.07, 6.45) is 3.73. The fourth-order valence-electron chi connectivity index (χ4n) is 1.34. The molecule has 2 aromatic heterocycles. The largest absolute Gasteiger partial charge is 0.365 e. The van der Waals surface area contributed by atoms with Gasteiger partial charge in [0, 0.05) is 24.3 Å². The van der Waals surface area contributed by atoms with Crippen LogP contribution in [0.25, 0.3) is 0 Å². The fourth-order valence-corrected chi connectivity index (χ4v) is 2.04. The summed E-state index contributed by atoms with van der Waals surface area (Å²) in [7, 11) is 1.89. The number of aryl methyl sites for hydroxylation is 2. The maximum Gasteiger partial charge on any atom is 0.182 e. The minimum atomic E-state index is 0.952. The van der Waals surface area contributed by atoms with Crippen molar-refractivity contribution in [1.29, 1.82) is 0 Å². The minimum absolute atomic E-state index is 0.952. The summed E-state index contributed by atoms with van der Waals surface area (Å²) in [5.41, 5.74) is 2.26. The van der Waals surface area contributed by atoms with E-state index in [1.807, 2.05) is 31.4 Å². The highest BCUT2D eigenvalue weighted by Gasteiger charge is 2.01. The second-order valence-corrected chi connectivity index (χ2v) is 4.07. The molecular weight excluding hydrogens is 206 g/mol. The number of hydrogen-bond acceptors (Lipinski definition) is 4. The fraction of sp³-hybridized carbons (Fsp3) is 0.273. The van der Waals surface area contributed by atoms with E-state index in [0.29, 0.717) is 0 Å². The highest BCUT2D eigenvalue weighted by atomic mass is 32.1. The van der Waals surface area contributed by atoms with Crippen LogP contribution in [0.2, 0.25) is 0 Å². The molecule has 0 spiro atoms. The van der Waals surface area contributed by atoms with Gasteiger partial charge in [0.05, 0.1) is 5.69 Å². The number of hydrogen-bond donors (Lipinski definition) is 1. The number of nitrogens with one attached hydrogen (secondary N) is 1. The van der Waals surface area contributed by atoms with Gasteiger partial charge >= 0.3 is 0 Å². The van der Waals surface area contributed by atoms with Crippen LogP contribution in [0.1, 0.15) is 11.4 Å². The molecule has 4 heteroatoms. The first-order chi connectivity index (χ1) is 7.38. The van der Waals surface area contributed by atoms with E-state index >= 15 is 0 Å². The van der Waals surface area contributed by atoms with Crippen molar-refractivity contribution in [2.24, 2.45) is 0 Å². The van der Waals surface area contributed by atoms with Gasteiger partial charge in [-0.2, -0.15) is 0 Å². The van der Waals surface area contributed by atoms with Crippen LogP contribution in [0.5, 0.6) is 0 Å². The zero-order chi connectivity index (χ0) is 10.5. The topological polar surface area (TPSA) is 37.8 Å². The third-order valence-corrected chi connectivity index (χ3v) is 3.04. The Balaban J connectivity index is 1.93. The molecule has 1 N–H and O–H groups in total. The monoisotopic (exact) mass is 219 g/mol. The lowest BCUT2D eigenvalue weighted by molar-refractivity contribution is 0.889. The van der Waals surface area contributed by atoms with E-state index in [-0.39, 0.29) is 0 Å². The normalized spacial score (nSPS) is 10.2. The second-order valence-electron chi connectivity index (χ2n) is 3.22. The van der Waals surface area contributed by atoms with Gasteiger partial charge in [0.1, 0.15) is 0 Å². The maximum absolute atomic E-state index is 4.42. The van der Waals surface area contributed by atoms with Crippen LogP contribution < -0.4 is 5.32 Å². The molecule has 0 aliphatic rings. The zero-order valence-electron chi connectivity index (χ0n) is 8.60. The first-order valence-electron chi connectivity index (χ1n) is 4.90. The number of thiazole rings is 1. The van der Waals surface area contributed by atoms with Gasteiger partial charge in [-0.05, 0) is 25.0 Å². The Kier molecular flexibility index (Phi) is 3.29. The van der Waals surface area contributed by atoms with Gasteiger partial charge in [-0.1, -0.05) is 6.07 Å². The van der Waals surface area contributed by atoms with Crippen molar-refractivity contribution < 1.29 is 0 Å². The van der Waals surface area contributed by atoms with Gasteiger partial charge in [0.25, 0.3) is 0 Å². The molecule has 0 saturated carbocycles. The van der Waals surface area contributed by atoms with E-state index < -0.39 is 0 Å². The van der Waals surface area contributed by atoms with Crippen LogP contribution in [0.15, 0.2) is 29.8 Å². The van der Waals surface area contributed by atoms with Crippen molar-refractivity contribution in [2.75, 3.05) is 12.4 Å². The summed E-state index contributed by atoms with van der Waals surface area (Å²) < 4.78 is 0. The third-order valence-electron chi connectivity index (χ3n) is 2.13. The first kappa shape index (κ1) is 10.1. The summed E-state index contributed by atoms with van der Waals surface area (Å²) in [6, 6.07) is 6.00. The van der Waals surface area contributed by atoms with E-state index in [0.717, 1.165) is 29.4 Å². The third kappa shape index (κ3) is 2.76. The predicted octanol–water partition coefficient (Wildman–Crippen LogP) is 2.37. The van der Waals surface area contributed by atoms with Crippen molar-refractivity contribution in [3.63, 3.8) is 0 Å². The summed E-state index contributed by atoms with van der Waals surface area (Å²) >= 11 is 1.64. The van der Waals surface area contributed by atoms with E-state index in [1.165, 1.54) is 0 Å². The Morgan fingerprint density at radius 2 is 2.13 bits per heavy atom. The minimum Gasteiger partial charge on any atom is -0.365 e. The first-order valence-corrected chi connectivity index (χ1v) is 5.78. The quantitative estimate of drug-likeness (QED) is 0.857. The molecule has 0 aliphatic carbocycles. The molecule has 0 unspecified atom stereocenters. The molecular formula is C11H13N3S. The highest BCUT2D eigenvalue weighted by molar-refractivity contribution is 7.13. The Bertz CT molecular complexity index is 411. The van der Waals surface area contributed by atoms with E-state index in [9.17, 15) is 0 Å². The maximum atomic E-state index is 4.42. The molecule has 0 amide bonds. The summed E-state index contributed by atoms with van der Waals surface area (Å²) in [5.74, 6) is 0. The molecule has 15 heavy (non-hydrogen) atoms. The molecule has 2 rings (SSSR count). The molecule has 0 atom stereocenters. The lowest BCUT2D eigenvalue weighted by Gasteiger charge is -1.97. The number of nitrogens with zero attached hydrogens (tertiary/aromatic N) is 2. The van der Waals surface area contributed by atoms with Gasteiger partial charge in [-0.25, -0.2) is 4.98 Å². The van der Waals surface area contributed by atoms with Crippen molar-refractivity contribution in [1.82, 2.24) is 9.97 Å². The summed E-state index contributed by atoms with van der Waals surface area (Å²) in [5, 5.41) is 6.11. The van der Waals surface area contributed by atoms with Crippen LogP contribution in [-0.4, -0.2) is 17.0 Å². The van der Waals surface area contributed by atoms with Crippen molar-refractivity contribution in [3.8, 4) is 0 Å². The van der Waals surface area contributed by atoms with Crippen molar-refractivity contribution in [2.45, 2.75) is 12.8 Å². The average molecular weight is 219 g/mol. The molecule has 0 aliphatic heterocycles. The van der Waals surface area contributed by atoms with E-state index in [1.54, 1.807) is 11.3 Å². The van der Waals surface area contributed by atoms with Crippen molar-refractivity contribution >= 4 is 16.5 Å².